The molecule has 18 heavy (non-hydrogen) atoms. The average Bonchev–Trinajstić information content (AvgIpc) is 2.71. The molecule has 5 nitrogen and oxygen atoms in total. The van der Waals surface area contributed by atoms with Crippen molar-refractivity contribution < 1.29 is 14.7 Å². The zero-order valence-electron chi connectivity index (χ0n) is 10.8. The first kappa shape index (κ1) is 14.5. The maximum Gasteiger partial charge on any atom is 0.307 e. The molecule has 0 heterocycles. The minimum Gasteiger partial charge on any atom is -0.481 e. The SMILES string of the molecule is CCC(CC#N)NC(=O)[C@H]1CC(C)C[C@H]1C(=O)O. The van der Waals surface area contributed by atoms with Crippen LogP contribution in [0.2, 0.25) is 0 Å². The number of carboxylic acid groups (broad SMARTS) is 1. The molecule has 1 amide bonds. The number of carboxylic acids is 1. The first-order chi connectivity index (χ1) is 8.49. The second kappa shape index (κ2) is 6.39. The predicted molar refractivity (Wildman–Crippen MR) is 65.5 cm³/mol. The van der Waals surface area contributed by atoms with Gasteiger partial charge < -0.3 is 10.4 Å². The van der Waals surface area contributed by atoms with Crippen LogP contribution in [0, 0.1) is 29.1 Å². The van der Waals surface area contributed by atoms with Gasteiger partial charge in [0.05, 0.1) is 24.3 Å². The molecule has 0 radical (unpaired) electrons. The molecule has 4 atom stereocenters. The van der Waals surface area contributed by atoms with E-state index in [9.17, 15) is 9.59 Å². The Morgan fingerprint density at radius 1 is 1.44 bits per heavy atom. The van der Waals surface area contributed by atoms with E-state index in [2.05, 4.69) is 5.32 Å². The van der Waals surface area contributed by atoms with Crippen molar-refractivity contribution in [3.63, 3.8) is 0 Å². The van der Waals surface area contributed by atoms with Crippen molar-refractivity contribution >= 4 is 11.9 Å². The second-order valence-corrected chi connectivity index (χ2v) is 5.10. The Hall–Kier alpha value is -1.57. The summed E-state index contributed by atoms with van der Waals surface area (Å²) in [5.74, 6) is -1.88. The van der Waals surface area contributed by atoms with E-state index in [1.165, 1.54) is 0 Å². The molecule has 0 aromatic heterocycles. The van der Waals surface area contributed by atoms with Crippen LogP contribution < -0.4 is 5.32 Å². The molecule has 1 aliphatic carbocycles. The van der Waals surface area contributed by atoms with E-state index in [1.54, 1.807) is 0 Å². The third kappa shape index (κ3) is 3.46. The van der Waals surface area contributed by atoms with Gasteiger partial charge in [-0.1, -0.05) is 13.8 Å². The number of carbonyl (C=O) groups excluding carboxylic acids is 1. The summed E-state index contributed by atoms with van der Waals surface area (Å²) in [5.41, 5.74) is 0. The summed E-state index contributed by atoms with van der Waals surface area (Å²) in [5, 5.41) is 20.5. The molecule has 1 fully saturated rings. The minimum atomic E-state index is -0.896. The van der Waals surface area contributed by atoms with Gasteiger partial charge in [0.1, 0.15) is 0 Å². The maximum absolute atomic E-state index is 12.1. The number of carbonyl (C=O) groups is 2. The Bertz CT molecular complexity index is 362. The molecule has 0 aliphatic heterocycles. The van der Waals surface area contributed by atoms with Crippen LogP contribution in [-0.2, 0) is 9.59 Å². The van der Waals surface area contributed by atoms with Gasteiger partial charge in [-0.25, -0.2) is 0 Å². The molecule has 1 aliphatic rings. The van der Waals surface area contributed by atoms with Gasteiger partial charge in [-0.2, -0.15) is 5.26 Å². The van der Waals surface area contributed by atoms with Gasteiger partial charge in [-0.3, -0.25) is 9.59 Å². The molecule has 2 unspecified atom stereocenters. The fourth-order valence-electron chi connectivity index (χ4n) is 2.57. The normalized spacial score (nSPS) is 28.4. The lowest BCUT2D eigenvalue weighted by atomic mass is 9.95. The van der Waals surface area contributed by atoms with Crippen LogP contribution >= 0.6 is 0 Å². The van der Waals surface area contributed by atoms with Crippen molar-refractivity contribution in [3.05, 3.63) is 0 Å². The summed E-state index contributed by atoms with van der Waals surface area (Å²) in [7, 11) is 0. The zero-order valence-corrected chi connectivity index (χ0v) is 10.8. The van der Waals surface area contributed by atoms with E-state index in [4.69, 9.17) is 10.4 Å². The molecule has 1 saturated carbocycles. The Balaban J connectivity index is 2.65. The van der Waals surface area contributed by atoms with Gasteiger partial charge in [-0.05, 0) is 25.2 Å². The van der Waals surface area contributed by atoms with Crippen molar-refractivity contribution in [2.45, 2.75) is 45.6 Å². The number of hydrogen-bond donors (Lipinski definition) is 2. The second-order valence-electron chi connectivity index (χ2n) is 5.10. The van der Waals surface area contributed by atoms with Crippen LogP contribution in [0.3, 0.4) is 0 Å². The van der Waals surface area contributed by atoms with Crippen molar-refractivity contribution in [1.82, 2.24) is 5.32 Å². The molecule has 1 rings (SSSR count). The van der Waals surface area contributed by atoms with Crippen molar-refractivity contribution in [2.24, 2.45) is 17.8 Å². The van der Waals surface area contributed by atoms with Crippen LogP contribution in [0.4, 0.5) is 0 Å². The quantitative estimate of drug-likeness (QED) is 0.776. The molecular weight excluding hydrogens is 232 g/mol. The molecule has 0 spiro atoms. The van der Waals surface area contributed by atoms with Crippen LogP contribution in [0.1, 0.15) is 39.5 Å². The summed E-state index contributed by atoms with van der Waals surface area (Å²) < 4.78 is 0. The summed E-state index contributed by atoms with van der Waals surface area (Å²) in [6, 6.07) is 1.85. The minimum absolute atomic E-state index is 0.173. The van der Waals surface area contributed by atoms with E-state index in [-0.39, 0.29) is 24.3 Å². The molecule has 0 bridgehead atoms. The summed E-state index contributed by atoms with van der Waals surface area (Å²) in [6.45, 7) is 3.87. The van der Waals surface area contributed by atoms with E-state index in [0.717, 1.165) is 0 Å². The highest BCUT2D eigenvalue weighted by molar-refractivity contribution is 5.85. The van der Waals surface area contributed by atoms with Gasteiger partial charge in [0, 0.05) is 6.04 Å². The van der Waals surface area contributed by atoms with E-state index < -0.39 is 17.8 Å². The number of amides is 1. The van der Waals surface area contributed by atoms with E-state index in [0.29, 0.717) is 19.3 Å². The topological polar surface area (TPSA) is 90.2 Å². The average molecular weight is 252 g/mol. The van der Waals surface area contributed by atoms with Crippen LogP contribution in [0.5, 0.6) is 0 Å². The first-order valence-electron chi connectivity index (χ1n) is 6.39. The van der Waals surface area contributed by atoms with E-state index >= 15 is 0 Å². The van der Waals surface area contributed by atoms with Crippen LogP contribution in [-0.4, -0.2) is 23.0 Å². The summed E-state index contributed by atoms with van der Waals surface area (Å²) in [4.78, 5) is 23.2. The predicted octanol–water partition coefficient (Wildman–Crippen LogP) is 1.54. The van der Waals surface area contributed by atoms with Gasteiger partial charge in [-0.15, -0.1) is 0 Å². The fraction of sp³-hybridized carbons (Fsp3) is 0.769. The molecule has 0 saturated heterocycles. The summed E-state index contributed by atoms with van der Waals surface area (Å²) >= 11 is 0. The highest BCUT2D eigenvalue weighted by Gasteiger charge is 2.41. The highest BCUT2D eigenvalue weighted by atomic mass is 16.4. The fourth-order valence-corrected chi connectivity index (χ4v) is 2.57. The molecule has 5 heteroatoms. The summed E-state index contributed by atoms with van der Waals surface area (Å²) in [6.07, 6.45) is 2.12. The number of nitrogens with zero attached hydrogens (tertiary/aromatic N) is 1. The maximum atomic E-state index is 12.1. The molecular formula is C13H20N2O3. The van der Waals surface area contributed by atoms with E-state index in [1.807, 2.05) is 19.9 Å². The number of nitriles is 1. The monoisotopic (exact) mass is 252 g/mol. The third-order valence-electron chi connectivity index (χ3n) is 3.63. The largest absolute Gasteiger partial charge is 0.481 e. The van der Waals surface area contributed by atoms with Crippen molar-refractivity contribution in [2.75, 3.05) is 0 Å². The van der Waals surface area contributed by atoms with Gasteiger partial charge in [0.2, 0.25) is 5.91 Å². The molecule has 0 aromatic rings. The third-order valence-corrected chi connectivity index (χ3v) is 3.63. The molecule has 100 valence electrons. The van der Waals surface area contributed by atoms with Gasteiger partial charge in [0.25, 0.3) is 0 Å². The lowest BCUT2D eigenvalue weighted by Crippen LogP contribution is -2.41. The number of hydrogen-bond acceptors (Lipinski definition) is 3. The van der Waals surface area contributed by atoms with Crippen molar-refractivity contribution in [3.8, 4) is 6.07 Å². The first-order valence-corrected chi connectivity index (χ1v) is 6.39. The lowest BCUT2D eigenvalue weighted by Gasteiger charge is -2.19. The molecule has 0 aromatic carbocycles. The number of nitrogens with one attached hydrogen (secondary N) is 1. The smallest absolute Gasteiger partial charge is 0.307 e. The Morgan fingerprint density at radius 2 is 2.06 bits per heavy atom. The van der Waals surface area contributed by atoms with Gasteiger partial charge in [0.15, 0.2) is 0 Å². The van der Waals surface area contributed by atoms with Crippen LogP contribution in [0.25, 0.3) is 0 Å². The highest BCUT2D eigenvalue weighted by Crippen LogP contribution is 2.36. The number of rotatable bonds is 5. The standard InChI is InChI=1S/C13H20N2O3/c1-3-9(4-5-14)15-12(16)10-6-8(2)7-11(10)13(17)18/h8-11H,3-4,6-7H2,1-2H3,(H,15,16)(H,17,18)/t8?,9?,10-,11+/m0/s1. The van der Waals surface area contributed by atoms with Gasteiger partial charge >= 0.3 is 5.97 Å². The molecule has 2 N–H and O–H groups in total. The Kier molecular flexibility index (Phi) is 5.14. The van der Waals surface area contributed by atoms with Crippen LogP contribution in [0.15, 0.2) is 0 Å². The lowest BCUT2D eigenvalue weighted by molar-refractivity contribution is -0.146. The zero-order chi connectivity index (χ0) is 13.7. The number of aliphatic carboxylic acids is 1. The Morgan fingerprint density at radius 3 is 2.56 bits per heavy atom. The Labute approximate surface area is 107 Å². The van der Waals surface area contributed by atoms with Crippen molar-refractivity contribution in [1.29, 1.82) is 5.26 Å².